The first-order chi connectivity index (χ1) is 8.13. The molecular formula is C12H20N2O3. The molecule has 0 unspecified atom stereocenters. The van der Waals surface area contributed by atoms with E-state index in [-0.39, 0.29) is 23.7 Å². The molecule has 5 nitrogen and oxygen atoms in total. The zero-order chi connectivity index (χ0) is 12.4. The number of likely N-dealkylation sites (tertiary alicyclic amines) is 1. The molecule has 1 saturated heterocycles. The zero-order valence-electron chi connectivity index (χ0n) is 10.5. The fourth-order valence-electron chi connectivity index (χ4n) is 2.28. The van der Waals surface area contributed by atoms with Crippen LogP contribution in [0.5, 0.6) is 0 Å². The summed E-state index contributed by atoms with van der Waals surface area (Å²) < 4.78 is 0. The standard InChI is InChI=1S/C12H20N2O3/c1-13(17-2)11(15)10-5-7-14(8-6-10)12(16)9-3-4-9/h9-10H,3-8H2,1-2H3. The Hall–Kier alpha value is -1.10. The van der Waals surface area contributed by atoms with Gasteiger partial charge in [0.1, 0.15) is 0 Å². The van der Waals surface area contributed by atoms with Gasteiger partial charge in [0.25, 0.3) is 0 Å². The maximum atomic E-state index is 11.8. The Morgan fingerprint density at radius 1 is 1.12 bits per heavy atom. The van der Waals surface area contributed by atoms with Crippen molar-refractivity contribution >= 4 is 11.8 Å². The van der Waals surface area contributed by atoms with E-state index in [0.717, 1.165) is 25.7 Å². The van der Waals surface area contributed by atoms with Gasteiger partial charge in [0, 0.05) is 32.0 Å². The molecule has 0 atom stereocenters. The number of hydrogen-bond acceptors (Lipinski definition) is 3. The lowest BCUT2D eigenvalue weighted by molar-refractivity contribution is -0.175. The number of piperidine rings is 1. The van der Waals surface area contributed by atoms with Crippen LogP contribution in [-0.2, 0) is 14.4 Å². The first-order valence-electron chi connectivity index (χ1n) is 6.24. The maximum absolute atomic E-state index is 11.8. The third-order valence-corrected chi connectivity index (χ3v) is 3.67. The summed E-state index contributed by atoms with van der Waals surface area (Å²) in [5.41, 5.74) is 0. The molecule has 1 aliphatic carbocycles. The van der Waals surface area contributed by atoms with Crippen LogP contribution in [0.15, 0.2) is 0 Å². The molecule has 0 aromatic rings. The van der Waals surface area contributed by atoms with Gasteiger partial charge in [0.05, 0.1) is 7.11 Å². The molecule has 0 N–H and O–H groups in total. The third kappa shape index (κ3) is 2.77. The first-order valence-corrected chi connectivity index (χ1v) is 6.24. The van der Waals surface area contributed by atoms with E-state index in [1.54, 1.807) is 7.05 Å². The number of hydrogen-bond donors (Lipinski definition) is 0. The summed E-state index contributed by atoms with van der Waals surface area (Å²) in [4.78, 5) is 30.5. The van der Waals surface area contributed by atoms with Gasteiger partial charge in [0.2, 0.25) is 11.8 Å². The molecule has 0 spiro atoms. The highest BCUT2D eigenvalue weighted by atomic mass is 16.7. The topological polar surface area (TPSA) is 49.9 Å². The summed E-state index contributed by atoms with van der Waals surface area (Å²) in [5.74, 6) is 0.592. The summed E-state index contributed by atoms with van der Waals surface area (Å²) in [6.45, 7) is 1.42. The van der Waals surface area contributed by atoms with Gasteiger partial charge >= 0.3 is 0 Å². The monoisotopic (exact) mass is 240 g/mol. The first kappa shape index (κ1) is 12.4. The minimum atomic E-state index is 0.00297. The zero-order valence-corrected chi connectivity index (χ0v) is 10.5. The molecule has 96 valence electrons. The normalized spacial score (nSPS) is 21.4. The fraction of sp³-hybridized carbons (Fsp3) is 0.833. The molecule has 2 rings (SSSR count). The molecule has 1 aliphatic heterocycles. The van der Waals surface area contributed by atoms with E-state index in [1.165, 1.54) is 12.2 Å². The van der Waals surface area contributed by atoms with E-state index in [1.807, 2.05) is 4.90 Å². The summed E-state index contributed by atoms with van der Waals surface area (Å²) in [7, 11) is 3.12. The van der Waals surface area contributed by atoms with Crippen LogP contribution in [0.4, 0.5) is 0 Å². The third-order valence-electron chi connectivity index (χ3n) is 3.67. The number of carbonyl (C=O) groups excluding carboxylic acids is 2. The highest BCUT2D eigenvalue weighted by molar-refractivity contribution is 5.82. The Kier molecular flexibility index (Phi) is 3.66. The predicted octanol–water partition coefficient (Wildman–Crippen LogP) is 0.655. The smallest absolute Gasteiger partial charge is 0.249 e. The lowest BCUT2D eigenvalue weighted by Gasteiger charge is -2.32. The molecule has 17 heavy (non-hydrogen) atoms. The Balaban J connectivity index is 1.81. The highest BCUT2D eigenvalue weighted by Gasteiger charge is 2.36. The van der Waals surface area contributed by atoms with Crippen molar-refractivity contribution in [1.29, 1.82) is 0 Å². The van der Waals surface area contributed by atoms with Crippen LogP contribution in [0, 0.1) is 11.8 Å². The van der Waals surface area contributed by atoms with Gasteiger partial charge in [-0.3, -0.25) is 14.4 Å². The van der Waals surface area contributed by atoms with E-state index >= 15 is 0 Å². The highest BCUT2D eigenvalue weighted by Crippen LogP contribution is 2.32. The van der Waals surface area contributed by atoms with Crippen LogP contribution in [-0.4, -0.2) is 49.0 Å². The molecule has 2 fully saturated rings. The number of amides is 2. The Morgan fingerprint density at radius 3 is 2.18 bits per heavy atom. The Labute approximate surface area is 102 Å². The molecular weight excluding hydrogens is 220 g/mol. The summed E-state index contributed by atoms with van der Waals surface area (Å²) in [6, 6.07) is 0. The van der Waals surface area contributed by atoms with Gasteiger partial charge < -0.3 is 4.90 Å². The van der Waals surface area contributed by atoms with Gasteiger partial charge in [-0.1, -0.05) is 0 Å². The number of rotatable bonds is 3. The molecule has 0 radical (unpaired) electrons. The molecule has 2 amide bonds. The molecule has 2 aliphatic rings. The van der Waals surface area contributed by atoms with Crippen LogP contribution in [0.1, 0.15) is 25.7 Å². The van der Waals surface area contributed by atoms with Crippen molar-refractivity contribution in [1.82, 2.24) is 9.96 Å². The second-order valence-corrected chi connectivity index (χ2v) is 4.89. The maximum Gasteiger partial charge on any atom is 0.249 e. The molecule has 5 heteroatoms. The molecule has 0 bridgehead atoms. The van der Waals surface area contributed by atoms with Crippen molar-refractivity contribution in [3.05, 3.63) is 0 Å². The molecule has 1 saturated carbocycles. The minimum absolute atomic E-state index is 0.00297. The van der Waals surface area contributed by atoms with Gasteiger partial charge in [-0.25, -0.2) is 5.06 Å². The van der Waals surface area contributed by atoms with E-state index in [9.17, 15) is 9.59 Å². The molecule has 0 aromatic carbocycles. The summed E-state index contributed by atoms with van der Waals surface area (Å²) in [5, 5.41) is 1.28. The van der Waals surface area contributed by atoms with Gasteiger partial charge in [0.15, 0.2) is 0 Å². The summed E-state index contributed by atoms with van der Waals surface area (Å²) in [6.07, 6.45) is 3.60. The molecule has 0 aromatic heterocycles. The minimum Gasteiger partial charge on any atom is -0.342 e. The van der Waals surface area contributed by atoms with Crippen molar-refractivity contribution in [3.8, 4) is 0 Å². The average molecular weight is 240 g/mol. The van der Waals surface area contributed by atoms with E-state index in [0.29, 0.717) is 13.1 Å². The second-order valence-electron chi connectivity index (χ2n) is 4.89. The lowest BCUT2D eigenvalue weighted by atomic mass is 9.95. The van der Waals surface area contributed by atoms with E-state index < -0.39 is 0 Å². The van der Waals surface area contributed by atoms with E-state index in [2.05, 4.69) is 0 Å². The van der Waals surface area contributed by atoms with Crippen LogP contribution in [0.2, 0.25) is 0 Å². The SMILES string of the molecule is CON(C)C(=O)C1CCN(C(=O)C2CC2)CC1. The van der Waals surface area contributed by atoms with Crippen LogP contribution in [0.3, 0.4) is 0 Å². The number of hydroxylamine groups is 2. The fourth-order valence-corrected chi connectivity index (χ4v) is 2.28. The number of carbonyl (C=O) groups is 2. The van der Waals surface area contributed by atoms with E-state index in [4.69, 9.17) is 4.84 Å². The Bertz CT molecular complexity index is 307. The van der Waals surface area contributed by atoms with Crippen LogP contribution >= 0.6 is 0 Å². The van der Waals surface area contributed by atoms with Gasteiger partial charge in [-0.2, -0.15) is 0 Å². The lowest BCUT2D eigenvalue weighted by Crippen LogP contribution is -2.43. The summed E-state index contributed by atoms with van der Waals surface area (Å²) >= 11 is 0. The van der Waals surface area contributed by atoms with Gasteiger partial charge in [-0.15, -0.1) is 0 Å². The predicted molar refractivity (Wildman–Crippen MR) is 61.8 cm³/mol. The number of nitrogens with zero attached hydrogens (tertiary/aromatic N) is 2. The molecule has 1 heterocycles. The van der Waals surface area contributed by atoms with Crippen LogP contribution in [0.25, 0.3) is 0 Å². The largest absolute Gasteiger partial charge is 0.342 e. The van der Waals surface area contributed by atoms with Crippen molar-refractivity contribution in [2.24, 2.45) is 11.8 Å². The second kappa shape index (κ2) is 5.04. The quantitative estimate of drug-likeness (QED) is 0.681. The van der Waals surface area contributed by atoms with Crippen molar-refractivity contribution < 1.29 is 14.4 Å². The van der Waals surface area contributed by atoms with Crippen molar-refractivity contribution in [2.45, 2.75) is 25.7 Å². The van der Waals surface area contributed by atoms with Crippen LogP contribution < -0.4 is 0 Å². The van der Waals surface area contributed by atoms with Gasteiger partial charge in [-0.05, 0) is 25.7 Å². The van der Waals surface area contributed by atoms with Crippen molar-refractivity contribution in [2.75, 3.05) is 27.2 Å². The average Bonchev–Trinajstić information content (AvgIpc) is 3.20. The van der Waals surface area contributed by atoms with Crippen molar-refractivity contribution in [3.63, 3.8) is 0 Å². The Morgan fingerprint density at radius 2 is 1.71 bits per heavy atom.